The molecule has 1 aromatic carbocycles. The summed E-state index contributed by atoms with van der Waals surface area (Å²) in [5.41, 5.74) is 0.961. The van der Waals surface area contributed by atoms with Gasteiger partial charge in [-0.3, -0.25) is 4.99 Å². The SMILES string of the molecule is CN=C(NCCC(F)(F)F)NCc1ccc(Cl)cc1. The van der Waals surface area contributed by atoms with Crippen molar-refractivity contribution < 1.29 is 13.2 Å². The number of benzene rings is 1. The van der Waals surface area contributed by atoms with Crippen LogP contribution in [0.2, 0.25) is 5.02 Å². The average molecular weight is 294 g/mol. The van der Waals surface area contributed by atoms with Crippen LogP contribution in [-0.2, 0) is 6.54 Å². The van der Waals surface area contributed by atoms with E-state index in [1.54, 1.807) is 12.1 Å². The van der Waals surface area contributed by atoms with Crippen LogP contribution < -0.4 is 10.6 Å². The van der Waals surface area contributed by atoms with Crippen LogP contribution >= 0.6 is 11.6 Å². The largest absolute Gasteiger partial charge is 0.390 e. The third-order valence-corrected chi connectivity index (χ3v) is 2.55. The molecule has 0 saturated heterocycles. The molecule has 0 aromatic heterocycles. The highest BCUT2D eigenvalue weighted by molar-refractivity contribution is 6.30. The molecule has 1 aromatic rings. The molecule has 0 aliphatic heterocycles. The molecule has 0 radical (unpaired) electrons. The molecule has 1 rings (SSSR count). The summed E-state index contributed by atoms with van der Waals surface area (Å²) in [5, 5.41) is 6.16. The summed E-state index contributed by atoms with van der Waals surface area (Å²) in [6.07, 6.45) is -5.06. The zero-order valence-electron chi connectivity index (χ0n) is 10.4. The van der Waals surface area contributed by atoms with Gasteiger partial charge in [0.1, 0.15) is 0 Å². The van der Waals surface area contributed by atoms with Crippen molar-refractivity contribution >= 4 is 17.6 Å². The highest BCUT2D eigenvalue weighted by Crippen LogP contribution is 2.18. The van der Waals surface area contributed by atoms with Crippen LogP contribution in [0.5, 0.6) is 0 Å². The average Bonchev–Trinajstić information content (AvgIpc) is 2.34. The first-order chi connectivity index (χ1) is 8.90. The van der Waals surface area contributed by atoms with Gasteiger partial charge >= 0.3 is 6.18 Å². The molecule has 2 N–H and O–H groups in total. The van der Waals surface area contributed by atoms with E-state index >= 15 is 0 Å². The lowest BCUT2D eigenvalue weighted by molar-refractivity contribution is -0.132. The summed E-state index contributed by atoms with van der Waals surface area (Å²) in [5.74, 6) is 0.333. The molecule has 7 heteroatoms. The Labute approximate surface area is 114 Å². The minimum atomic E-state index is -4.16. The van der Waals surface area contributed by atoms with Crippen LogP contribution in [0, 0.1) is 0 Å². The van der Waals surface area contributed by atoms with Crippen molar-refractivity contribution in [1.29, 1.82) is 0 Å². The first-order valence-corrected chi connectivity index (χ1v) is 6.04. The first-order valence-electron chi connectivity index (χ1n) is 5.66. The third-order valence-electron chi connectivity index (χ3n) is 2.30. The number of aliphatic imine (C=N–C) groups is 1. The van der Waals surface area contributed by atoms with E-state index in [0.717, 1.165) is 5.56 Å². The summed E-state index contributed by atoms with van der Waals surface area (Å²) in [7, 11) is 1.50. The molecule has 0 saturated carbocycles. The van der Waals surface area contributed by atoms with Gasteiger partial charge in [0.05, 0.1) is 6.42 Å². The maximum atomic E-state index is 12.0. The van der Waals surface area contributed by atoms with Crippen molar-refractivity contribution in [3.63, 3.8) is 0 Å². The topological polar surface area (TPSA) is 36.4 Å². The summed E-state index contributed by atoms with van der Waals surface area (Å²) in [4.78, 5) is 3.84. The molecule has 106 valence electrons. The van der Waals surface area contributed by atoms with E-state index in [2.05, 4.69) is 15.6 Å². The van der Waals surface area contributed by atoms with E-state index in [1.807, 2.05) is 12.1 Å². The summed E-state index contributed by atoms with van der Waals surface area (Å²) >= 11 is 5.75. The molecule has 0 spiro atoms. The molecule has 0 aliphatic carbocycles. The fourth-order valence-electron chi connectivity index (χ4n) is 1.33. The van der Waals surface area contributed by atoms with Crippen LogP contribution in [0.25, 0.3) is 0 Å². The molecule has 0 fully saturated rings. The van der Waals surface area contributed by atoms with Gasteiger partial charge in [-0.25, -0.2) is 0 Å². The Hall–Kier alpha value is -1.43. The van der Waals surface area contributed by atoms with Crippen molar-refractivity contribution in [2.45, 2.75) is 19.1 Å². The Morgan fingerprint density at radius 1 is 1.21 bits per heavy atom. The van der Waals surface area contributed by atoms with Crippen molar-refractivity contribution in [1.82, 2.24) is 10.6 Å². The molecule has 3 nitrogen and oxygen atoms in total. The molecule has 0 unspecified atom stereocenters. The Balaban J connectivity index is 2.35. The fourth-order valence-corrected chi connectivity index (χ4v) is 1.46. The highest BCUT2D eigenvalue weighted by Gasteiger charge is 2.26. The summed E-state index contributed by atoms with van der Waals surface area (Å²) < 4.78 is 36.0. The van der Waals surface area contributed by atoms with Crippen LogP contribution in [0.3, 0.4) is 0 Å². The second-order valence-corrected chi connectivity index (χ2v) is 4.28. The van der Waals surface area contributed by atoms with Gasteiger partial charge in [-0.1, -0.05) is 23.7 Å². The molecular formula is C12H15ClF3N3. The van der Waals surface area contributed by atoms with E-state index in [9.17, 15) is 13.2 Å². The quantitative estimate of drug-likeness (QED) is 0.661. The predicted octanol–water partition coefficient (Wildman–Crippen LogP) is 2.96. The molecule has 0 heterocycles. The zero-order valence-corrected chi connectivity index (χ0v) is 11.1. The van der Waals surface area contributed by atoms with Crippen LogP contribution in [-0.4, -0.2) is 25.7 Å². The molecule has 19 heavy (non-hydrogen) atoms. The van der Waals surface area contributed by atoms with Gasteiger partial charge in [0.15, 0.2) is 5.96 Å². The Kier molecular flexibility index (Phi) is 5.95. The second kappa shape index (κ2) is 7.23. The van der Waals surface area contributed by atoms with Gasteiger partial charge in [0, 0.05) is 25.2 Å². The number of nitrogens with one attached hydrogen (secondary N) is 2. The zero-order chi connectivity index (χ0) is 14.3. The number of hydrogen-bond donors (Lipinski definition) is 2. The smallest absolute Gasteiger partial charge is 0.356 e. The maximum Gasteiger partial charge on any atom is 0.390 e. The number of halogens is 4. The van der Waals surface area contributed by atoms with E-state index in [0.29, 0.717) is 17.5 Å². The minimum absolute atomic E-state index is 0.205. The first kappa shape index (κ1) is 15.6. The predicted molar refractivity (Wildman–Crippen MR) is 70.3 cm³/mol. The van der Waals surface area contributed by atoms with Gasteiger partial charge in [-0.15, -0.1) is 0 Å². The lowest BCUT2D eigenvalue weighted by Crippen LogP contribution is -2.38. The molecular weight excluding hydrogens is 279 g/mol. The lowest BCUT2D eigenvalue weighted by atomic mass is 10.2. The summed E-state index contributed by atoms with van der Waals surface area (Å²) in [6, 6.07) is 7.16. The standard InChI is InChI=1S/C12H15ClF3N3/c1-17-11(18-7-6-12(14,15)16)19-8-9-2-4-10(13)5-3-9/h2-5H,6-8H2,1H3,(H2,17,18,19). The van der Waals surface area contributed by atoms with Gasteiger partial charge in [-0.2, -0.15) is 13.2 Å². The van der Waals surface area contributed by atoms with E-state index in [-0.39, 0.29) is 6.54 Å². The second-order valence-electron chi connectivity index (χ2n) is 3.84. The van der Waals surface area contributed by atoms with Gasteiger partial charge in [0.2, 0.25) is 0 Å². The number of nitrogens with zero attached hydrogens (tertiary/aromatic N) is 1. The van der Waals surface area contributed by atoms with Crippen LogP contribution in [0.1, 0.15) is 12.0 Å². The van der Waals surface area contributed by atoms with E-state index < -0.39 is 12.6 Å². The Morgan fingerprint density at radius 3 is 2.37 bits per heavy atom. The van der Waals surface area contributed by atoms with E-state index in [1.165, 1.54) is 7.05 Å². The van der Waals surface area contributed by atoms with Crippen molar-refractivity contribution in [2.24, 2.45) is 4.99 Å². The highest BCUT2D eigenvalue weighted by atomic mass is 35.5. The molecule has 0 bridgehead atoms. The minimum Gasteiger partial charge on any atom is -0.356 e. The van der Waals surface area contributed by atoms with Crippen molar-refractivity contribution in [2.75, 3.05) is 13.6 Å². The molecule has 0 amide bonds. The van der Waals surface area contributed by atoms with Crippen molar-refractivity contribution in [3.05, 3.63) is 34.9 Å². The third kappa shape index (κ3) is 6.91. The fraction of sp³-hybridized carbons (Fsp3) is 0.417. The van der Waals surface area contributed by atoms with Crippen LogP contribution in [0.4, 0.5) is 13.2 Å². The molecule has 0 aliphatic rings. The van der Waals surface area contributed by atoms with Crippen molar-refractivity contribution in [3.8, 4) is 0 Å². The van der Waals surface area contributed by atoms with Crippen LogP contribution in [0.15, 0.2) is 29.3 Å². The van der Waals surface area contributed by atoms with Gasteiger partial charge in [-0.05, 0) is 17.7 Å². The maximum absolute atomic E-state index is 12.0. The van der Waals surface area contributed by atoms with E-state index in [4.69, 9.17) is 11.6 Å². The number of hydrogen-bond acceptors (Lipinski definition) is 1. The van der Waals surface area contributed by atoms with Gasteiger partial charge in [0.25, 0.3) is 0 Å². The molecule has 0 atom stereocenters. The monoisotopic (exact) mass is 293 g/mol. The Bertz CT molecular complexity index is 415. The lowest BCUT2D eigenvalue weighted by Gasteiger charge is -2.13. The number of alkyl halides is 3. The Morgan fingerprint density at radius 2 is 1.84 bits per heavy atom. The summed E-state index contributed by atoms with van der Waals surface area (Å²) in [6.45, 7) is 0.257. The normalized spacial score (nSPS) is 12.4. The number of rotatable bonds is 4. The number of guanidine groups is 1. The van der Waals surface area contributed by atoms with Gasteiger partial charge < -0.3 is 10.6 Å².